The maximum absolute atomic E-state index is 11.2. The summed E-state index contributed by atoms with van der Waals surface area (Å²) in [6.45, 7) is 6.16. The van der Waals surface area contributed by atoms with Crippen molar-refractivity contribution in [2.45, 2.75) is 40.0 Å². The smallest absolute Gasteiger partial charge is 0.227 e. The Kier molecular flexibility index (Phi) is 6.17. The maximum Gasteiger partial charge on any atom is 0.227 e. The van der Waals surface area contributed by atoms with Crippen LogP contribution < -0.4 is 5.32 Å². The molecular weight excluding hydrogens is 194 g/mol. The summed E-state index contributed by atoms with van der Waals surface area (Å²) in [7, 11) is 0. The number of amides is 1. The van der Waals surface area contributed by atoms with Crippen LogP contribution in [-0.4, -0.2) is 29.9 Å². The van der Waals surface area contributed by atoms with Crippen LogP contribution in [0.4, 0.5) is 0 Å². The first-order chi connectivity index (χ1) is 6.87. The number of carbonyl (C=O) groups excluding carboxylic acids is 2. The number of hydrogen-bond acceptors (Lipinski definition) is 3. The monoisotopic (exact) mass is 215 g/mol. The van der Waals surface area contributed by atoms with E-state index in [1.54, 1.807) is 0 Å². The molecule has 0 saturated heterocycles. The Morgan fingerprint density at radius 3 is 2.40 bits per heavy atom. The molecule has 1 amide bonds. The molecule has 0 atom stereocenters. The minimum absolute atomic E-state index is 0.0326. The Morgan fingerprint density at radius 2 is 1.93 bits per heavy atom. The van der Waals surface area contributed by atoms with Crippen LogP contribution in [0.1, 0.15) is 40.0 Å². The number of Topliss-reactive ketones (excluding diaryl/α,β-unsaturated/α-hetero) is 1. The zero-order valence-electron chi connectivity index (χ0n) is 9.80. The molecule has 15 heavy (non-hydrogen) atoms. The number of hydrogen-bond donors (Lipinski definition) is 2. The van der Waals surface area contributed by atoms with E-state index in [1.807, 2.05) is 13.8 Å². The van der Waals surface area contributed by atoms with Gasteiger partial charge in [-0.15, -0.1) is 0 Å². The second kappa shape index (κ2) is 6.56. The summed E-state index contributed by atoms with van der Waals surface area (Å²) in [6, 6.07) is 0. The fourth-order valence-electron chi connectivity index (χ4n) is 1.27. The van der Waals surface area contributed by atoms with Crippen LogP contribution in [0, 0.1) is 5.41 Å². The van der Waals surface area contributed by atoms with E-state index in [0.29, 0.717) is 6.54 Å². The van der Waals surface area contributed by atoms with Gasteiger partial charge in [0.2, 0.25) is 5.91 Å². The Hall–Kier alpha value is -0.900. The van der Waals surface area contributed by atoms with Gasteiger partial charge in [0.1, 0.15) is 5.78 Å². The van der Waals surface area contributed by atoms with Gasteiger partial charge in [0, 0.05) is 13.2 Å². The number of ketones is 1. The largest absolute Gasteiger partial charge is 0.396 e. The summed E-state index contributed by atoms with van der Waals surface area (Å²) in [5, 5.41) is 11.4. The molecule has 4 nitrogen and oxygen atoms in total. The SMILES string of the molecule is CC(=O)CC(=O)NCC(C)(C)CCCO. The predicted octanol–water partition coefficient (Wildman–Crippen LogP) is 0.880. The van der Waals surface area contributed by atoms with E-state index in [-0.39, 0.29) is 30.1 Å². The predicted molar refractivity (Wildman–Crippen MR) is 58.4 cm³/mol. The molecule has 0 spiro atoms. The van der Waals surface area contributed by atoms with E-state index in [0.717, 1.165) is 12.8 Å². The fraction of sp³-hybridized carbons (Fsp3) is 0.818. The van der Waals surface area contributed by atoms with E-state index in [4.69, 9.17) is 5.11 Å². The Bertz CT molecular complexity index is 224. The minimum atomic E-state index is -0.223. The number of rotatable bonds is 7. The summed E-state index contributed by atoms with van der Waals surface area (Å²) in [6.07, 6.45) is 1.54. The molecule has 0 unspecified atom stereocenters. The van der Waals surface area contributed by atoms with Gasteiger partial charge in [-0.25, -0.2) is 0 Å². The third-order valence-electron chi connectivity index (χ3n) is 2.19. The van der Waals surface area contributed by atoms with Crippen LogP contribution >= 0.6 is 0 Å². The van der Waals surface area contributed by atoms with Gasteiger partial charge in [-0.2, -0.15) is 0 Å². The molecule has 88 valence electrons. The van der Waals surface area contributed by atoms with Crippen molar-refractivity contribution in [2.75, 3.05) is 13.2 Å². The second-order valence-electron chi connectivity index (χ2n) is 4.65. The van der Waals surface area contributed by atoms with Crippen molar-refractivity contribution in [3.63, 3.8) is 0 Å². The molecule has 0 fully saturated rings. The molecule has 0 aromatic carbocycles. The van der Waals surface area contributed by atoms with E-state index in [2.05, 4.69) is 5.32 Å². The third-order valence-corrected chi connectivity index (χ3v) is 2.19. The lowest BCUT2D eigenvalue weighted by atomic mass is 9.88. The molecule has 0 radical (unpaired) electrons. The number of carbonyl (C=O) groups is 2. The van der Waals surface area contributed by atoms with E-state index < -0.39 is 0 Å². The van der Waals surface area contributed by atoms with Crippen LogP contribution in [0.3, 0.4) is 0 Å². The molecule has 2 N–H and O–H groups in total. The van der Waals surface area contributed by atoms with Crippen molar-refractivity contribution in [1.29, 1.82) is 0 Å². The molecular formula is C11H21NO3. The lowest BCUT2D eigenvalue weighted by Gasteiger charge is -2.24. The third kappa shape index (κ3) is 8.12. The van der Waals surface area contributed by atoms with Gasteiger partial charge < -0.3 is 10.4 Å². The van der Waals surface area contributed by atoms with Gasteiger partial charge in [-0.05, 0) is 25.2 Å². The van der Waals surface area contributed by atoms with Crippen LogP contribution in [-0.2, 0) is 9.59 Å². The highest BCUT2D eigenvalue weighted by Crippen LogP contribution is 2.20. The second-order valence-corrected chi connectivity index (χ2v) is 4.65. The minimum Gasteiger partial charge on any atom is -0.396 e. The van der Waals surface area contributed by atoms with Gasteiger partial charge in [-0.3, -0.25) is 9.59 Å². The Labute approximate surface area is 91.1 Å². The highest BCUT2D eigenvalue weighted by atomic mass is 16.3. The summed E-state index contributed by atoms with van der Waals surface area (Å²) in [5.41, 5.74) is -0.0326. The molecule has 4 heteroatoms. The van der Waals surface area contributed by atoms with Crippen LogP contribution in [0.25, 0.3) is 0 Å². The molecule has 0 saturated carbocycles. The standard InChI is InChI=1S/C11H21NO3/c1-9(14)7-10(15)12-8-11(2,3)5-4-6-13/h13H,4-8H2,1-3H3,(H,12,15). The summed E-state index contributed by atoms with van der Waals surface area (Å²) in [4.78, 5) is 21.8. The first kappa shape index (κ1) is 14.1. The van der Waals surface area contributed by atoms with Gasteiger partial charge in [0.25, 0.3) is 0 Å². The summed E-state index contributed by atoms with van der Waals surface area (Å²) in [5.74, 6) is -0.347. The zero-order valence-corrected chi connectivity index (χ0v) is 9.80. The zero-order chi connectivity index (χ0) is 11.9. The normalized spacial score (nSPS) is 11.2. The average Bonchev–Trinajstić information content (AvgIpc) is 2.11. The molecule has 0 aromatic heterocycles. The van der Waals surface area contributed by atoms with Gasteiger partial charge in [-0.1, -0.05) is 13.8 Å². The van der Waals surface area contributed by atoms with Crippen molar-refractivity contribution in [2.24, 2.45) is 5.41 Å². The molecule has 0 aromatic rings. The summed E-state index contributed by atoms with van der Waals surface area (Å²) < 4.78 is 0. The van der Waals surface area contributed by atoms with E-state index >= 15 is 0 Å². The van der Waals surface area contributed by atoms with Crippen molar-refractivity contribution in [3.05, 3.63) is 0 Å². The molecule has 0 heterocycles. The molecule has 0 aliphatic rings. The Balaban J connectivity index is 3.81. The number of aliphatic hydroxyl groups excluding tert-OH is 1. The van der Waals surface area contributed by atoms with Gasteiger partial charge in [0.05, 0.1) is 6.42 Å². The van der Waals surface area contributed by atoms with Crippen LogP contribution in [0.15, 0.2) is 0 Å². The average molecular weight is 215 g/mol. The highest BCUT2D eigenvalue weighted by molar-refractivity contribution is 5.96. The molecule has 0 bridgehead atoms. The quantitative estimate of drug-likeness (QED) is 0.619. The van der Waals surface area contributed by atoms with Crippen LogP contribution in [0.2, 0.25) is 0 Å². The van der Waals surface area contributed by atoms with E-state index in [9.17, 15) is 9.59 Å². The Morgan fingerprint density at radius 1 is 1.33 bits per heavy atom. The first-order valence-corrected chi connectivity index (χ1v) is 5.24. The van der Waals surface area contributed by atoms with Gasteiger partial charge in [0.15, 0.2) is 0 Å². The van der Waals surface area contributed by atoms with Crippen molar-refractivity contribution in [1.82, 2.24) is 5.32 Å². The van der Waals surface area contributed by atoms with Crippen molar-refractivity contribution >= 4 is 11.7 Å². The lowest BCUT2D eigenvalue weighted by molar-refractivity contribution is -0.127. The van der Waals surface area contributed by atoms with Crippen molar-refractivity contribution < 1.29 is 14.7 Å². The van der Waals surface area contributed by atoms with E-state index in [1.165, 1.54) is 6.92 Å². The molecule has 0 rings (SSSR count). The summed E-state index contributed by atoms with van der Waals surface area (Å²) >= 11 is 0. The van der Waals surface area contributed by atoms with Crippen LogP contribution in [0.5, 0.6) is 0 Å². The molecule has 0 aliphatic carbocycles. The lowest BCUT2D eigenvalue weighted by Crippen LogP contribution is -2.34. The first-order valence-electron chi connectivity index (χ1n) is 5.24. The maximum atomic E-state index is 11.2. The number of aliphatic hydroxyl groups is 1. The van der Waals surface area contributed by atoms with Crippen molar-refractivity contribution in [3.8, 4) is 0 Å². The van der Waals surface area contributed by atoms with Gasteiger partial charge >= 0.3 is 0 Å². The number of nitrogens with one attached hydrogen (secondary N) is 1. The fourth-order valence-corrected chi connectivity index (χ4v) is 1.27. The molecule has 0 aliphatic heterocycles. The topological polar surface area (TPSA) is 66.4 Å². The highest BCUT2D eigenvalue weighted by Gasteiger charge is 2.18.